The summed E-state index contributed by atoms with van der Waals surface area (Å²) in [6, 6.07) is 15.4. The molecule has 0 aliphatic heterocycles. The van der Waals surface area contributed by atoms with Gasteiger partial charge < -0.3 is 14.8 Å². The molecule has 0 spiro atoms. The Bertz CT molecular complexity index is 1370. The van der Waals surface area contributed by atoms with Crippen LogP contribution in [0.5, 0.6) is 5.75 Å². The summed E-state index contributed by atoms with van der Waals surface area (Å²) in [6.07, 6.45) is 3.20. The average Bonchev–Trinajstić information content (AvgIpc) is 2.94. The second-order valence-corrected chi connectivity index (χ2v) is 10.1. The van der Waals surface area contributed by atoms with E-state index in [1.165, 1.54) is 24.3 Å². The molecule has 0 bridgehead atoms. The van der Waals surface area contributed by atoms with Crippen LogP contribution in [0.2, 0.25) is 0 Å². The molecule has 206 valence electrons. The van der Waals surface area contributed by atoms with Crippen molar-refractivity contribution in [2.45, 2.75) is 38.0 Å². The lowest BCUT2D eigenvalue weighted by atomic mass is 10.1. The van der Waals surface area contributed by atoms with E-state index in [1.807, 2.05) is 18.6 Å². The van der Waals surface area contributed by atoms with Gasteiger partial charge >= 0.3 is 5.97 Å². The number of amides is 2. The van der Waals surface area contributed by atoms with Crippen molar-refractivity contribution >= 4 is 27.8 Å². The number of rotatable bonds is 13. The molecule has 0 saturated heterocycles. The molecular formula is C28H31N3O7S. The maximum absolute atomic E-state index is 12.7. The van der Waals surface area contributed by atoms with Crippen LogP contribution in [0.25, 0.3) is 0 Å². The third-order valence-electron chi connectivity index (χ3n) is 5.55. The van der Waals surface area contributed by atoms with Crippen molar-refractivity contribution < 1.29 is 32.3 Å². The average molecular weight is 554 g/mol. The highest BCUT2D eigenvalue weighted by atomic mass is 32.2. The maximum atomic E-state index is 12.7. The normalized spacial score (nSPS) is 10.9. The summed E-state index contributed by atoms with van der Waals surface area (Å²) >= 11 is 0. The molecular weight excluding hydrogens is 522 g/mol. The SMILES string of the molecule is CCCCOC(=O)c1ccc(C(=O)NS(=O)(=O)c2ccc(CCNC(=O)c3ccc(OCC)cc3)cc2)cn1. The number of hydrogen-bond acceptors (Lipinski definition) is 8. The summed E-state index contributed by atoms with van der Waals surface area (Å²) in [6.45, 7) is 5.02. The van der Waals surface area contributed by atoms with E-state index in [4.69, 9.17) is 9.47 Å². The molecule has 0 saturated carbocycles. The molecule has 2 amide bonds. The minimum absolute atomic E-state index is 0.0245. The largest absolute Gasteiger partial charge is 0.494 e. The first kappa shape index (κ1) is 29.3. The van der Waals surface area contributed by atoms with Crippen molar-refractivity contribution in [1.82, 2.24) is 15.0 Å². The van der Waals surface area contributed by atoms with Crippen molar-refractivity contribution in [2.75, 3.05) is 19.8 Å². The zero-order chi connectivity index (χ0) is 28.3. The van der Waals surface area contributed by atoms with Crippen LogP contribution in [0.15, 0.2) is 71.8 Å². The topological polar surface area (TPSA) is 141 Å². The molecule has 10 nitrogen and oxygen atoms in total. The number of nitrogens with zero attached hydrogens (tertiary/aromatic N) is 1. The molecule has 1 aromatic heterocycles. The summed E-state index contributed by atoms with van der Waals surface area (Å²) in [5.74, 6) is -1.03. The Morgan fingerprint density at radius 1 is 0.872 bits per heavy atom. The summed E-state index contributed by atoms with van der Waals surface area (Å²) in [4.78, 5) is 40.5. The summed E-state index contributed by atoms with van der Waals surface area (Å²) < 4.78 is 37.8. The fourth-order valence-corrected chi connectivity index (χ4v) is 4.37. The number of esters is 1. The molecule has 0 fully saturated rings. The molecule has 2 aromatic carbocycles. The number of pyridine rings is 1. The van der Waals surface area contributed by atoms with Gasteiger partial charge in [-0.15, -0.1) is 0 Å². The Morgan fingerprint density at radius 3 is 2.18 bits per heavy atom. The van der Waals surface area contributed by atoms with Crippen LogP contribution >= 0.6 is 0 Å². The predicted molar refractivity (Wildman–Crippen MR) is 144 cm³/mol. The van der Waals surface area contributed by atoms with Gasteiger partial charge in [0, 0.05) is 18.3 Å². The van der Waals surface area contributed by atoms with Crippen LogP contribution < -0.4 is 14.8 Å². The molecule has 39 heavy (non-hydrogen) atoms. The molecule has 0 unspecified atom stereocenters. The van der Waals surface area contributed by atoms with Gasteiger partial charge in [-0.05, 0) is 73.9 Å². The fourth-order valence-electron chi connectivity index (χ4n) is 3.40. The number of sulfonamides is 1. The van der Waals surface area contributed by atoms with Gasteiger partial charge in [-0.25, -0.2) is 22.9 Å². The van der Waals surface area contributed by atoms with Crippen molar-refractivity contribution in [3.8, 4) is 5.75 Å². The van der Waals surface area contributed by atoms with Crippen LogP contribution in [0, 0.1) is 0 Å². The quantitative estimate of drug-likeness (QED) is 0.242. The number of carbonyl (C=O) groups excluding carboxylic acids is 3. The second-order valence-electron chi connectivity index (χ2n) is 8.46. The monoisotopic (exact) mass is 553 g/mol. The van der Waals surface area contributed by atoms with Gasteiger partial charge in [-0.2, -0.15) is 0 Å². The van der Waals surface area contributed by atoms with Crippen molar-refractivity contribution in [2.24, 2.45) is 0 Å². The highest BCUT2D eigenvalue weighted by Crippen LogP contribution is 2.14. The Hall–Kier alpha value is -4.25. The van der Waals surface area contributed by atoms with Gasteiger partial charge in [0.15, 0.2) is 0 Å². The standard InChI is InChI=1S/C28H31N3O7S/c1-3-5-18-38-28(34)25-15-10-22(19-30-25)27(33)31-39(35,36)24-13-6-20(7-14-24)16-17-29-26(32)21-8-11-23(12-9-21)37-4-2/h6-15,19H,3-5,16-18H2,1-2H3,(H,29,32)(H,31,33). The predicted octanol–water partition coefficient (Wildman–Crippen LogP) is 3.53. The minimum atomic E-state index is -4.14. The Balaban J connectivity index is 1.51. The van der Waals surface area contributed by atoms with Crippen LogP contribution in [0.4, 0.5) is 0 Å². The van der Waals surface area contributed by atoms with Crippen LogP contribution in [0.1, 0.15) is 63.5 Å². The van der Waals surface area contributed by atoms with Crippen molar-refractivity contribution in [3.63, 3.8) is 0 Å². The van der Waals surface area contributed by atoms with E-state index in [0.717, 1.165) is 24.6 Å². The van der Waals surface area contributed by atoms with E-state index in [0.29, 0.717) is 30.9 Å². The molecule has 0 aliphatic rings. The molecule has 3 aromatic rings. The molecule has 0 atom stereocenters. The highest BCUT2D eigenvalue weighted by molar-refractivity contribution is 7.90. The lowest BCUT2D eigenvalue weighted by molar-refractivity contribution is 0.0492. The van der Waals surface area contributed by atoms with Gasteiger partial charge in [0.1, 0.15) is 11.4 Å². The first-order valence-corrected chi connectivity index (χ1v) is 14.0. The number of unbranched alkanes of at least 4 members (excludes halogenated alkanes) is 1. The van der Waals surface area contributed by atoms with E-state index in [2.05, 4.69) is 10.3 Å². The van der Waals surface area contributed by atoms with Crippen LogP contribution in [-0.4, -0.2) is 50.9 Å². The van der Waals surface area contributed by atoms with Gasteiger partial charge in [0.05, 0.1) is 23.7 Å². The van der Waals surface area contributed by atoms with Crippen molar-refractivity contribution in [1.29, 1.82) is 0 Å². The van der Waals surface area contributed by atoms with Gasteiger partial charge in [0.2, 0.25) is 0 Å². The summed E-state index contributed by atoms with van der Waals surface area (Å²) in [7, 11) is -4.14. The molecule has 2 N–H and O–H groups in total. The number of ether oxygens (including phenoxy) is 2. The molecule has 11 heteroatoms. The summed E-state index contributed by atoms with van der Waals surface area (Å²) in [5, 5.41) is 2.82. The minimum Gasteiger partial charge on any atom is -0.494 e. The molecule has 1 heterocycles. The highest BCUT2D eigenvalue weighted by Gasteiger charge is 2.20. The molecule has 0 radical (unpaired) electrons. The number of hydrogen-bond donors (Lipinski definition) is 2. The summed E-state index contributed by atoms with van der Waals surface area (Å²) in [5.41, 5.74) is 1.31. The number of benzene rings is 2. The lowest BCUT2D eigenvalue weighted by Gasteiger charge is -2.09. The van der Waals surface area contributed by atoms with Crippen molar-refractivity contribution in [3.05, 3.63) is 89.2 Å². The maximum Gasteiger partial charge on any atom is 0.356 e. The zero-order valence-corrected chi connectivity index (χ0v) is 22.6. The molecule has 3 rings (SSSR count). The molecule has 0 aliphatic carbocycles. The van der Waals surface area contributed by atoms with E-state index in [9.17, 15) is 22.8 Å². The van der Waals surface area contributed by atoms with Crippen LogP contribution in [-0.2, 0) is 21.2 Å². The number of aromatic nitrogens is 1. The lowest BCUT2D eigenvalue weighted by Crippen LogP contribution is -2.30. The Kier molecular flexibility index (Phi) is 10.6. The smallest absolute Gasteiger partial charge is 0.356 e. The van der Waals surface area contributed by atoms with Gasteiger partial charge in [0.25, 0.3) is 21.8 Å². The third kappa shape index (κ3) is 8.64. The first-order valence-electron chi connectivity index (χ1n) is 12.5. The number of nitrogens with one attached hydrogen (secondary N) is 2. The zero-order valence-electron chi connectivity index (χ0n) is 21.8. The van der Waals surface area contributed by atoms with E-state index >= 15 is 0 Å². The van der Waals surface area contributed by atoms with Gasteiger partial charge in [-0.3, -0.25) is 9.59 Å². The fraction of sp³-hybridized carbons (Fsp3) is 0.286. The van der Waals surface area contributed by atoms with Gasteiger partial charge in [-0.1, -0.05) is 25.5 Å². The first-order chi connectivity index (χ1) is 18.7. The van der Waals surface area contributed by atoms with E-state index < -0.39 is 21.9 Å². The Morgan fingerprint density at radius 2 is 1.56 bits per heavy atom. The van der Waals surface area contributed by atoms with E-state index in [1.54, 1.807) is 36.4 Å². The van der Waals surface area contributed by atoms with Crippen LogP contribution in [0.3, 0.4) is 0 Å². The Labute approximate surface area is 227 Å². The van der Waals surface area contributed by atoms with E-state index in [-0.39, 0.29) is 28.7 Å². The third-order valence-corrected chi connectivity index (χ3v) is 6.90. The number of carbonyl (C=O) groups is 3. The second kappa shape index (κ2) is 14.1.